The Kier molecular flexibility index (Phi) is 6.46. The van der Waals surface area contributed by atoms with E-state index in [-0.39, 0.29) is 24.3 Å². The van der Waals surface area contributed by atoms with E-state index in [4.69, 9.17) is 0 Å². The van der Waals surface area contributed by atoms with Crippen molar-refractivity contribution in [1.82, 2.24) is 14.5 Å². The summed E-state index contributed by atoms with van der Waals surface area (Å²) in [5, 5.41) is 0.844. The van der Waals surface area contributed by atoms with Gasteiger partial charge in [0.15, 0.2) is 17.4 Å². The highest BCUT2D eigenvalue weighted by molar-refractivity contribution is 7.11. The molecule has 0 amide bonds. The summed E-state index contributed by atoms with van der Waals surface area (Å²) < 4.78 is 28.0. The highest BCUT2D eigenvalue weighted by Crippen LogP contribution is 2.30. The van der Waals surface area contributed by atoms with Crippen molar-refractivity contribution in [2.75, 3.05) is 0 Å². The van der Waals surface area contributed by atoms with Gasteiger partial charge in [0, 0.05) is 49.2 Å². The maximum Gasteiger partial charge on any atom is 0.261 e. The molecule has 1 aliphatic rings. The van der Waals surface area contributed by atoms with E-state index in [0.717, 1.165) is 40.6 Å². The number of allylic oxidation sites excluding steroid dienone is 2. The first-order chi connectivity index (χ1) is 17.0. The number of fused-ring (bicyclic) bond motifs is 1. The van der Waals surface area contributed by atoms with Crippen LogP contribution in [0.4, 0.5) is 8.78 Å². The summed E-state index contributed by atoms with van der Waals surface area (Å²) in [6.45, 7) is 0.0431. The molecule has 0 aliphatic heterocycles. The molecule has 0 radical (unpaired) electrons. The Labute approximate surface area is 204 Å². The molecule has 1 aliphatic carbocycles. The number of pyridine rings is 2. The number of aromatic nitrogens is 3. The van der Waals surface area contributed by atoms with Crippen molar-refractivity contribution in [1.29, 1.82) is 0 Å². The molecule has 4 aromatic rings. The van der Waals surface area contributed by atoms with E-state index in [0.29, 0.717) is 12.0 Å². The van der Waals surface area contributed by atoms with Gasteiger partial charge in [0.25, 0.3) is 5.56 Å². The number of Topliss-reactive ketones (excluding diaryl/α,β-unsaturated/α-hetero) is 1. The molecule has 0 atom stereocenters. The molecule has 176 valence electrons. The number of ketones is 1. The molecule has 0 spiro atoms. The number of hydrogen-bond acceptors (Lipinski definition) is 5. The fourth-order valence-corrected chi connectivity index (χ4v) is 5.13. The molecule has 1 aromatic carbocycles. The molecule has 8 heteroatoms. The first kappa shape index (κ1) is 23.0. The maximum atomic E-state index is 13.5. The lowest BCUT2D eigenvalue weighted by Crippen LogP contribution is -2.26. The van der Waals surface area contributed by atoms with E-state index in [2.05, 4.69) is 22.1 Å². The second kappa shape index (κ2) is 9.84. The highest BCUT2D eigenvalue weighted by atomic mass is 32.1. The van der Waals surface area contributed by atoms with Gasteiger partial charge >= 0.3 is 0 Å². The lowest BCUT2D eigenvalue weighted by molar-refractivity contribution is 0.0980. The van der Waals surface area contributed by atoms with Crippen LogP contribution in [0.2, 0.25) is 0 Å². The van der Waals surface area contributed by atoms with E-state index in [1.807, 2.05) is 18.5 Å². The van der Waals surface area contributed by atoms with Gasteiger partial charge in [0.2, 0.25) is 0 Å². The molecule has 3 aromatic heterocycles. The van der Waals surface area contributed by atoms with Crippen LogP contribution in [0.1, 0.15) is 43.5 Å². The molecule has 35 heavy (non-hydrogen) atoms. The van der Waals surface area contributed by atoms with Gasteiger partial charge in [-0.3, -0.25) is 14.6 Å². The molecule has 5 nitrogen and oxygen atoms in total. The third-order valence-electron chi connectivity index (χ3n) is 5.97. The summed E-state index contributed by atoms with van der Waals surface area (Å²) in [6, 6.07) is 10.6. The van der Waals surface area contributed by atoms with Crippen molar-refractivity contribution in [2.45, 2.75) is 32.2 Å². The molecule has 0 unspecified atom stereocenters. The lowest BCUT2D eigenvalue weighted by Gasteiger charge is -2.08. The van der Waals surface area contributed by atoms with Crippen LogP contribution in [0.5, 0.6) is 0 Å². The Hall–Kier alpha value is -3.78. The van der Waals surface area contributed by atoms with Crippen LogP contribution in [0.25, 0.3) is 5.57 Å². The Bertz CT molecular complexity index is 1510. The number of benzene rings is 1. The second-order valence-corrected chi connectivity index (χ2v) is 9.55. The van der Waals surface area contributed by atoms with Gasteiger partial charge < -0.3 is 4.57 Å². The van der Waals surface area contributed by atoms with Gasteiger partial charge in [-0.25, -0.2) is 13.8 Å². The minimum atomic E-state index is -0.976. The lowest BCUT2D eigenvalue weighted by atomic mass is 10.1. The van der Waals surface area contributed by atoms with Crippen molar-refractivity contribution < 1.29 is 13.6 Å². The monoisotopic (exact) mass is 489 g/mol. The van der Waals surface area contributed by atoms with E-state index in [1.54, 1.807) is 17.4 Å². The van der Waals surface area contributed by atoms with Gasteiger partial charge in [0.05, 0.1) is 22.8 Å². The molecule has 0 saturated carbocycles. The van der Waals surface area contributed by atoms with Crippen LogP contribution in [0.15, 0.2) is 71.9 Å². The average Bonchev–Trinajstić information content (AvgIpc) is 3.48. The average molecular weight is 490 g/mol. The SMILES string of the molecule is O=C(CCc1ncc(CC2=CCc3ncccc32)s1)c1cccn(Cc2ccc(F)c(F)c2)c1=O. The summed E-state index contributed by atoms with van der Waals surface area (Å²) in [4.78, 5) is 35.6. The third-order valence-corrected chi connectivity index (χ3v) is 7.02. The summed E-state index contributed by atoms with van der Waals surface area (Å²) >= 11 is 1.57. The Morgan fingerprint density at radius 2 is 1.97 bits per heavy atom. The first-order valence-corrected chi connectivity index (χ1v) is 12.0. The fourth-order valence-electron chi connectivity index (χ4n) is 4.19. The summed E-state index contributed by atoms with van der Waals surface area (Å²) in [6.07, 6.45) is 9.60. The smallest absolute Gasteiger partial charge is 0.261 e. The number of aryl methyl sites for hydroxylation is 1. The summed E-state index contributed by atoms with van der Waals surface area (Å²) in [5.41, 5.74) is 3.57. The maximum absolute atomic E-state index is 13.5. The van der Waals surface area contributed by atoms with Gasteiger partial charge in [0.1, 0.15) is 0 Å². The topological polar surface area (TPSA) is 64.8 Å². The predicted octanol–water partition coefficient (Wildman–Crippen LogP) is 5.02. The van der Waals surface area contributed by atoms with Crippen molar-refractivity contribution >= 4 is 22.7 Å². The molecule has 0 N–H and O–H groups in total. The van der Waals surface area contributed by atoms with Crippen LogP contribution in [0, 0.1) is 11.6 Å². The molecule has 0 saturated heterocycles. The Balaban J connectivity index is 1.22. The van der Waals surface area contributed by atoms with Crippen LogP contribution in [-0.4, -0.2) is 20.3 Å². The largest absolute Gasteiger partial charge is 0.310 e. The van der Waals surface area contributed by atoms with Gasteiger partial charge in [-0.2, -0.15) is 0 Å². The van der Waals surface area contributed by atoms with Crippen LogP contribution >= 0.6 is 11.3 Å². The molecule has 0 bridgehead atoms. The van der Waals surface area contributed by atoms with E-state index in [1.165, 1.54) is 34.0 Å². The van der Waals surface area contributed by atoms with Gasteiger partial charge in [-0.15, -0.1) is 11.3 Å². The Morgan fingerprint density at radius 1 is 1.09 bits per heavy atom. The summed E-state index contributed by atoms with van der Waals surface area (Å²) in [7, 11) is 0. The Morgan fingerprint density at radius 3 is 2.83 bits per heavy atom. The fraction of sp³-hybridized carbons (Fsp3) is 0.185. The number of thiazole rings is 1. The van der Waals surface area contributed by atoms with Gasteiger partial charge in [-0.05, 0) is 47.0 Å². The van der Waals surface area contributed by atoms with E-state index < -0.39 is 17.2 Å². The number of rotatable bonds is 8. The normalized spacial score (nSPS) is 12.5. The predicted molar refractivity (Wildman–Crippen MR) is 131 cm³/mol. The number of carbonyl (C=O) groups excluding carboxylic acids is 1. The van der Waals surface area contributed by atoms with Crippen LogP contribution < -0.4 is 5.56 Å². The highest BCUT2D eigenvalue weighted by Gasteiger charge is 2.17. The quantitative estimate of drug-likeness (QED) is 0.326. The van der Waals surface area contributed by atoms with Crippen molar-refractivity contribution in [2.24, 2.45) is 0 Å². The van der Waals surface area contributed by atoms with Crippen molar-refractivity contribution in [3.63, 3.8) is 0 Å². The van der Waals surface area contributed by atoms with E-state index >= 15 is 0 Å². The van der Waals surface area contributed by atoms with Crippen LogP contribution in [0.3, 0.4) is 0 Å². The first-order valence-electron chi connectivity index (χ1n) is 11.2. The molecule has 3 heterocycles. The number of nitrogens with zero attached hydrogens (tertiary/aromatic N) is 3. The van der Waals surface area contributed by atoms with E-state index in [9.17, 15) is 18.4 Å². The van der Waals surface area contributed by atoms with Crippen molar-refractivity contribution in [3.8, 4) is 0 Å². The number of halogens is 2. The van der Waals surface area contributed by atoms with Crippen LogP contribution in [-0.2, 0) is 25.8 Å². The zero-order chi connectivity index (χ0) is 24.4. The number of hydrogen-bond donors (Lipinski definition) is 0. The third kappa shape index (κ3) is 5.02. The zero-order valence-electron chi connectivity index (χ0n) is 18.7. The van der Waals surface area contributed by atoms with Gasteiger partial charge in [-0.1, -0.05) is 18.2 Å². The van der Waals surface area contributed by atoms with Crippen molar-refractivity contribution in [3.05, 3.63) is 121 Å². The second-order valence-electron chi connectivity index (χ2n) is 8.35. The minimum Gasteiger partial charge on any atom is -0.310 e. The summed E-state index contributed by atoms with van der Waals surface area (Å²) in [5.74, 6) is -2.20. The molecule has 0 fully saturated rings. The molecule has 5 rings (SSSR count). The molecular weight excluding hydrogens is 468 g/mol. The standard InChI is InChI=1S/C27H21F2N3O2S/c28-22-7-5-17(13-23(22)29)16-32-12-2-4-21(27(32)34)25(33)9-10-26-31-15-19(35-26)14-18-6-8-24-20(18)3-1-11-30-24/h1-7,11-13,15H,8-10,14,16H2. The number of carbonyl (C=O) groups is 1. The zero-order valence-corrected chi connectivity index (χ0v) is 19.5. The minimum absolute atomic E-state index is 0.0431. The molecular formula is C27H21F2N3O2S.